The van der Waals surface area contributed by atoms with Crippen LogP contribution in [0.1, 0.15) is 13.3 Å². The standard InChI is InChI=1S/C15H24N2O2.ClH/c1-12(16)13-7-8-17(11-13)9-10-19-15-6-4-3-5-14(15)18-2;/h3-6,12-13H,7-11,16H2,1-2H3;1H. The lowest BCUT2D eigenvalue weighted by Gasteiger charge is -2.18. The molecule has 5 heteroatoms. The van der Waals surface area contributed by atoms with Crippen molar-refractivity contribution in [1.29, 1.82) is 0 Å². The first-order valence-corrected chi connectivity index (χ1v) is 6.94. The fourth-order valence-corrected chi connectivity index (χ4v) is 2.52. The Labute approximate surface area is 127 Å². The lowest BCUT2D eigenvalue weighted by molar-refractivity contribution is 0.224. The van der Waals surface area contributed by atoms with Gasteiger partial charge >= 0.3 is 0 Å². The molecular weight excluding hydrogens is 276 g/mol. The molecule has 20 heavy (non-hydrogen) atoms. The zero-order chi connectivity index (χ0) is 13.7. The molecule has 0 aromatic heterocycles. The van der Waals surface area contributed by atoms with Crippen LogP contribution in [-0.4, -0.2) is 44.3 Å². The highest BCUT2D eigenvalue weighted by Gasteiger charge is 2.24. The number of halogens is 1. The number of para-hydroxylation sites is 2. The largest absolute Gasteiger partial charge is 0.493 e. The van der Waals surface area contributed by atoms with Gasteiger partial charge in [0.15, 0.2) is 11.5 Å². The number of ether oxygens (including phenoxy) is 2. The van der Waals surface area contributed by atoms with E-state index in [1.165, 1.54) is 6.42 Å². The van der Waals surface area contributed by atoms with Gasteiger partial charge in [-0.1, -0.05) is 12.1 Å². The number of likely N-dealkylation sites (tertiary alicyclic amines) is 1. The average molecular weight is 301 g/mol. The van der Waals surface area contributed by atoms with Crippen LogP contribution < -0.4 is 15.2 Å². The van der Waals surface area contributed by atoms with Crippen molar-refractivity contribution in [3.63, 3.8) is 0 Å². The molecule has 0 saturated carbocycles. The number of nitrogens with zero attached hydrogens (tertiary/aromatic N) is 1. The van der Waals surface area contributed by atoms with Gasteiger partial charge in [-0.3, -0.25) is 4.90 Å². The van der Waals surface area contributed by atoms with Crippen LogP contribution in [0.25, 0.3) is 0 Å². The van der Waals surface area contributed by atoms with Gasteiger partial charge in [-0.2, -0.15) is 0 Å². The Morgan fingerprint density at radius 3 is 2.65 bits per heavy atom. The highest BCUT2D eigenvalue weighted by molar-refractivity contribution is 5.85. The molecule has 1 heterocycles. The van der Waals surface area contributed by atoms with E-state index in [0.717, 1.165) is 31.1 Å². The molecule has 2 rings (SSSR count). The number of rotatable bonds is 6. The maximum absolute atomic E-state index is 5.94. The Bertz CT molecular complexity index is 401. The second-order valence-corrected chi connectivity index (χ2v) is 5.21. The van der Waals surface area contributed by atoms with Crippen molar-refractivity contribution < 1.29 is 9.47 Å². The molecule has 114 valence electrons. The van der Waals surface area contributed by atoms with E-state index in [9.17, 15) is 0 Å². The predicted octanol–water partition coefficient (Wildman–Crippen LogP) is 2.16. The molecule has 2 atom stereocenters. The maximum Gasteiger partial charge on any atom is 0.161 e. The zero-order valence-electron chi connectivity index (χ0n) is 12.2. The normalized spacial score (nSPS) is 20.2. The molecular formula is C15H25ClN2O2. The molecule has 0 spiro atoms. The predicted molar refractivity (Wildman–Crippen MR) is 83.9 cm³/mol. The van der Waals surface area contributed by atoms with Crippen molar-refractivity contribution in [1.82, 2.24) is 4.90 Å². The van der Waals surface area contributed by atoms with Gasteiger partial charge in [-0.05, 0) is 37.9 Å². The van der Waals surface area contributed by atoms with Crippen LogP contribution in [0.15, 0.2) is 24.3 Å². The summed E-state index contributed by atoms with van der Waals surface area (Å²) in [5, 5.41) is 0. The van der Waals surface area contributed by atoms with Crippen LogP contribution in [0, 0.1) is 5.92 Å². The third-order valence-electron chi connectivity index (χ3n) is 3.79. The SMILES string of the molecule is COc1ccccc1OCCN1CCC(C(C)N)C1.Cl. The molecule has 1 saturated heterocycles. The van der Waals surface area contributed by atoms with Crippen molar-refractivity contribution in [3.05, 3.63) is 24.3 Å². The van der Waals surface area contributed by atoms with E-state index in [4.69, 9.17) is 15.2 Å². The van der Waals surface area contributed by atoms with Gasteiger partial charge in [0.2, 0.25) is 0 Å². The summed E-state index contributed by atoms with van der Waals surface area (Å²) >= 11 is 0. The minimum atomic E-state index is 0. The second-order valence-electron chi connectivity index (χ2n) is 5.21. The summed E-state index contributed by atoms with van der Waals surface area (Å²) in [6, 6.07) is 8.05. The van der Waals surface area contributed by atoms with Gasteiger partial charge < -0.3 is 15.2 Å². The van der Waals surface area contributed by atoms with Gasteiger partial charge in [-0.15, -0.1) is 12.4 Å². The number of nitrogens with two attached hydrogens (primary N) is 1. The number of benzene rings is 1. The Kier molecular flexibility index (Phi) is 7.13. The van der Waals surface area contributed by atoms with E-state index in [0.29, 0.717) is 18.6 Å². The van der Waals surface area contributed by atoms with E-state index in [1.807, 2.05) is 24.3 Å². The number of methoxy groups -OCH3 is 1. The molecule has 0 aliphatic carbocycles. The van der Waals surface area contributed by atoms with Crippen LogP contribution in [0.4, 0.5) is 0 Å². The molecule has 0 bridgehead atoms. The van der Waals surface area contributed by atoms with Crippen LogP contribution in [-0.2, 0) is 0 Å². The molecule has 1 aliphatic heterocycles. The topological polar surface area (TPSA) is 47.7 Å². The first-order chi connectivity index (χ1) is 9.20. The first-order valence-electron chi connectivity index (χ1n) is 6.94. The van der Waals surface area contributed by atoms with Crippen molar-refractivity contribution >= 4 is 12.4 Å². The third-order valence-corrected chi connectivity index (χ3v) is 3.79. The average Bonchev–Trinajstić information content (AvgIpc) is 2.88. The van der Waals surface area contributed by atoms with Crippen molar-refractivity contribution in [2.45, 2.75) is 19.4 Å². The van der Waals surface area contributed by atoms with Gasteiger partial charge in [-0.25, -0.2) is 0 Å². The van der Waals surface area contributed by atoms with Crippen LogP contribution >= 0.6 is 12.4 Å². The zero-order valence-corrected chi connectivity index (χ0v) is 13.1. The van der Waals surface area contributed by atoms with Crippen LogP contribution in [0.2, 0.25) is 0 Å². The van der Waals surface area contributed by atoms with Gasteiger partial charge in [0.25, 0.3) is 0 Å². The highest BCUT2D eigenvalue weighted by atomic mass is 35.5. The smallest absolute Gasteiger partial charge is 0.161 e. The minimum absolute atomic E-state index is 0. The summed E-state index contributed by atoms with van der Waals surface area (Å²) < 4.78 is 11.0. The van der Waals surface area contributed by atoms with Gasteiger partial charge in [0.1, 0.15) is 6.61 Å². The maximum atomic E-state index is 5.94. The molecule has 2 unspecified atom stereocenters. The Morgan fingerprint density at radius 2 is 2.05 bits per heavy atom. The van der Waals surface area contributed by atoms with E-state index in [-0.39, 0.29) is 12.4 Å². The Hall–Kier alpha value is -0.970. The summed E-state index contributed by atoms with van der Waals surface area (Å²) in [4.78, 5) is 2.42. The van der Waals surface area contributed by atoms with E-state index in [1.54, 1.807) is 7.11 Å². The molecule has 1 aliphatic rings. The van der Waals surface area contributed by atoms with E-state index < -0.39 is 0 Å². The van der Waals surface area contributed by atoms with Crippen LogP contribution in [0.5, 0.6) is 11.5 Å². The fraction of sp³-hybridized carbons (Fsp3) is 0.600. The van der Waals surface area contributed by atoms with Crippen molar-refractivity contribution in [2.24, 2.45) is 11.7 Å². The van der Waals surface area contributed by atoms with Crippen LogP contribution in [0.3, 0.4) is 0 Å². The summed E-state index contributed by atoms with van der Waals surface area (Å²) in [6.07, 6.45) is 1.20. The van der Waals surface area contributed by atoms with Gasteiger partial charge in [0.05, 0.1) is 7.11 Å². The quantitative estimate of drug-likeness (QED) is 0.875. The summed E-state index contributed by atoms with van der Waals surface area (Å²) in [5.74, 6) is 2.23. The Balaban J connectivity index is 0.00000200. The molecule has 1 aromatic carbocycles. The highest BCUT2D eigenvalue weighted by Crippen LogP contribution is 2.26. The minimum Gasteiger partial charge on any atom is -0.493 e. The van der Waals surface area contributed by atoms with Gasteiger partial charge in [0, 0.05) is 19.1 Å². The summed E-state index contributed by atoms with van der Waals surface area (Å²) in [6.45, 7) is 5.95. The van der Waals surface area contributed by atoms with E-state index >= 15 is 0 Å². The fourth-order valence-electron chi connectivity index (χ4n) is 2.52. The summed E-state index contributed by atoms with van der Waals surface area (Å²) in [7, 11) is 1.66. The molecule has 1 fully saturated rings. The molecule has 2 N–H and O–H groups in total. The molecule has 4 nitrogen and oxygen atoms in total. The second kappa shape index (κ2) is 8.35. The summed E-state index contributed by atoms with van der Waals surface area (Å²) in [5.41, 5.74) is 5.94. The molecule has 0 amide bonds. The van der Waals surface area contributed by atoms with E-state index in [2.05, 4.69) is 11.8 Å². The van der Waals surface area contributed by atoms with Crippen molar-refractivity contribution in [2.75, 3.05) is 33.4 Å². The Morgan fingerprint density at radius 1 is 1.35 bits per heavy atom. The lowest BCUT2D eigenvalue weighted by Crippen LogP contribution is -2.31. The van der Waals surface area contributed by atoms with Crippen molar-refractivity contribution in [3.8, 4) is 11.5 Å². The molecule has 1 aromatic rings. The third kappa shape index (κ3) is 4.54. The number of hydrogen-bond donors (Lipinski definition) is 1. The lowest BCUT2D eigenvalue weighted by atomic mass is 10.0. The molecule has 0 radical (unpaired) electrons. The monoisotopic (exact) mass is 300 g/mol. The number of hydrogen-bond acceptors (Lipinski definition) is 4. The first kappa shape index (κ1) is 17.1.